The maximum atomic E-state index is 12.6. The lowest BCUT2D eigenvalue weighted by atomic mass is 10.1. The van der Waals surface area contributed by atoms with E-state index in [9.17, 15) is 4.79 Å². The van der Waals surface area contributed by atoms with Crippen LogP contribution in [0.25, 0.3) is 0 Å². The lowest BCUT2D eigenvalue weighted by molar-refractivity contribution is 0.0796. The van der Waals surface area contributed by atoms with Crippen LogP contribution in [0.15, 0.2) is 48.5 Å². The third-order valence-electron chi connectivity index (χ3n) is 3.91. The molecule has 4 nitrogen and oxygen atoms in total. The fourth-order valence-electron chi connectivity index (χ4n) is 2.44. The Hall–Kier alpha value is -2.49. The third-order valence-corrected chi connectivity index (χ3v) is 3.91. The van der Waals surface area contributed by atoms with Crippen LogP contribution in [0, 0.1) is 5.92 Å². The average Bonchev–Trinajstić information content (AvgIpc) is 2.64. The molecule has 0 radical (unpaired) electrons. The molecule has 2 aromatic carbocycles. The molecule has 0 unspecified atom stereocenters. The summed E-state index contributed by atoms with van der Waals surface area (Å²) in [6.45, 7) is 5.45. The highest BCUT2D eigenvalue weighted by molar-refractivity contribution is 5.94. The first-order chi connectivity index (χ1) is 12.0. The third kappa shape index (κ3) is 5.52. The molecular weight excluding hydrogens is 314 g/mol. The second-order valence-electron chi connectivity index (χ2n) is 6.53. The van der Waals surface area contributed by atoms with Gasteiger partial charge in [-0.05, 0) is 36.1 Å². The van der Waals surface area contributed by atoms with E-state index in [4.69, 9.17) is 9.47 Å². The van der Waals surface area contributed by atoms with Crippen molar-refractivity contribution in [2.24, 2.45) is 5.92 Å². The summed E-state index contributed by atoms with van der Waals surface area (Å²) in [5, 5.41) is 0. The molecule has 134 valence electrons. The molecule has 1 amide bonds. The molecular formula is C21H27NO3. The second kappa shape index (κ2) is 9.11. The lowest BCUT2D eigenvalue weighted by Crippen LogP contribution is -2.28. The number of benzene rings is 2. The Labute approximate surface area is 150 Å². The van der Waals surface area contributed by atoms with E-state index in [1.807, 2.05) is 25.2 Å². The Balaban J connectivity index is 2.02. The minimum Gasteiger partial charge on any atom is -0.493 e. The highest BCUT2D eigenvalue weighted by atomic mass is 16.5. The molecule has 0 aromatic heterocycles. The van der Waals surface area contributed by atoms with E-state index in [-0.39, 0.29) is 5.91 Å². The number of carbonyl (C=O) groups excluding carboxylic acids is 1. The van der Waals surface area contributed by atoms with Gasteiger partial charge in [0.15, 0.2) is 11.5 Å². The topological polar surface area (TPSA) is 38.8 Å². The number of ether oxygens (including phenoxy) is 2. The van der Waals surface area contributed by atoms with Crippen molar-refractivity contribution in [3.63, 3.8) is 0 Å². The summed E-state index contributed by atoms with van der Waals surface area (Å²) in [6.07, 6.45) is 0.829. The molecule has 4 heteroatoms. The van der Waals surface area contributed by atoms with Crippen molar-refractivity contribution in [2.75, 3.05) is 27.3 Å². The minimum atomic E-state index is -0.0235. The van der Waals surface area contributed by atoms with Gasteiger partial charge in [0, 0.05) is 19.2 Å². The Morgan fingerprint density at radius 2 is 1.80 bits per heavy atom. The molecule has 0 aliphatic heterocycles. The van der Waals surface area contributed by atoms with Crippen molar-refractivity contribution in [3.8, 4) is 11.5 Å². The van der Waals surface area contributed by atoms with Gasteiger partial charge in [0.05, 0.1) is 13.7 Å². The number of amides is 1. The zero-order valence-electron chi connectivity index (χ0n) is 15.5. The molecule has 0 saturated carbocycles. The van der Waals surface area contributed by atoms with E-state index < -0.39 is 0 Å². The van der Waals surface area contributed by atoms with Crippen molar-refractivity contribution < 1.29 is 14.3 Å². The van der Waals surface area contributed by atoms with Gasteiger partial charge in [-0.25, -0.2) is 0 Å². The summed E-state index contributed by atoms with van der Waals surface area (Å²) in [6, 6.07) is 15.5. The number of hydrogen-bond donors (Lipinski definition) is 0. The summed E-state index contributed by atoms with van der Waals surface area (Å²) in [4.78, 5) is 14.4. The first kappa shape index (κ1) is 18.8. The van der Waals surface area contributed by atoms with E-state index >= 15 is 0 Å². The lowest BCUT2D eigenvalue weighted by Gasteiger charge is -2.18. The van der Waals surface area contributed by atoms with Gasteiger partial charge in [0.1, 0.15) is 0 Å². The smallest absolute Gasteiger partial charge is 0.253 e. The number of hydrogen-bond acceptors (Lipinski definition) is 3. The van der Waals surface area contributed by atoms with Crippen LogP contribution in [-0.2, 0) is 6.42 Å². The molecule has 2 aromatic rings. The van der Waals surface area contributed by atoms with Gasteiger partial charge in [-0.1, -0.05) is 44.2 Å². The zero-order chi connectivity index (χ0) is 18.2. The Morgan fingerprint density at radius 3 is 2.44 bits per heavy atom. The summed E-state index contributed by atoms with van der Waals surface area (Å²) < 4.78 is 11.1. The van der Waals surface area contributed by atoms with Crippen LogP contribution < -0.4 is 9.47 Å². The Bertz CT molecular complexity index is 683. The molecule has 25 heavy (non-hydrogen) atoms. The standard InChI is InChI=1S/C21H27NO3/c1-16(2)15-25-19-11-10-18(14-20(19)24-4)21(23)22(3)13-12-17-8-6-5-7-9-17/h5-11,14,16H,12-13,15H2,1-4H3. The quantitative estimate of drug-likeness (QED) is 0.727. The highest BCUT2D eigenvalue weighted by Crippen LogP contribution is 2.29. The van der Waals surface area contributed by atoms with Gasteiger partial charge in [0.2, 0.25) is 0 Å². The largest absolute Gasteiger partial charge is 0.493 e. The van der Waals surface area contributed by atoms with E-state index in [0.717, 1.165) is 6.42 Å². The van der Waals surface area contributed by atoms with Gasteiger partial charge in [-0.2, -0.15) is 0 Å². The fraction of sp³-hybridized carbons (Fsp3) is 0.381. The number of rotatable bonds is 8. The molecule has 0 aliphatic carbocycles. The van der Waals surface area contributed by atoms with Gasteiger partial charge >= 0.3 is 0 Å². The van der Waals surface area contributed by atoms with Crippen molar-refractivity contribution in [3.05, 3.63) is 59.7 Å². The summed E-state index contributed by atoms with van der Waals surface area (Å²) in [7, 11) is 3.41. The molecule has 2 rings (SSSR count). The van der Waals surface area contributed by atoms with Crippen LogP contribution in [0.3, 0.4) is 0 Å². The first-order valence-corrected chi connectivity index (χ1v) is 8.61. The Morgan fingerprint density at radius 1 is 1.08 bits per heavy atom. The predicted molar refractivity (Wildman–Crippen MR) is 100 cm³/mol. The molecule has 0 spiro atoms. The summed E-state index contributed by atoms with van der Waals surface area (Å²) in [5.74, 6) is 1.66. The SMILES string of the molecule is COc1cc(C(=O)N(C)CCc2ccccc2)ccc1OCC(C)C. The molecule has 0 saturated heterocycles. The number of carbonyl (C=O) groups is 1. The number of nitrogens with zero attached hydrogens (tertiary/aromatic N) is 1. The molecule has 0 atom stereocenters. The van der Waals surface area contributed by atoms with Crippen LogP contribution >= 0.6 is 0 Å². The van der Waals surface area contributed by atoms with Crippen LogP contribution in [0.5, 0.6) is 11.5 Å². The van der Waals surface area contributed by atoms with Gasteiger partial charge < -0.3 is 14.4 Å². The number of methoxy groups -OCH3 is 1. The minimum absolute atomic E-state index is 0.0235. The number of likely N-dealkylation sites (N-methyl/N-ethyl adjacent to an activating group) is 1. The van der Waals surface area contributed by atoms with Crippen LogP contribution in [0.4, 0.5) is 0 Å². The van der Waals surface area contributed by atoms with Crippen molar-refractivity contribution in [1.29, 1.82) is 0 Å². The van der Waals surface area contributed by atoms with Crippen LogP contribution in [0.1, 0.15) is 29.8 Å². The fourth-order valence-corrected chi connectivity index (χ4v) is 2.44. The Kier molecular flexibility index (Phi) is 6.87. The van der Waals surface area contributed by atoms with Crippen molar-refractivity contribution >= 4 is 5.91 Å². The average molecular weight is 341 g/mol. The van der Waals surface area contributed by atoms with Crippen LogP contribution in [0.2, 0.25) is 0 Å². The van der Waals surface area contributed by atoms with Gasteiger partial charge in [0.25, 0.3) is 5.91 Å². The summed E-state index contributed by atoms with van der Waals surface area (Å²) >= 11 is 0. The maximum Gasteiger partial charge on any atom is 0.253 e. The monoisotopic (exact) mass is 341 g/mol. The predicted octanol–water partition coefficient (Wildman–Crippen LogP) is 4.04. The maximum absolute atomic E-state index is 12.6. The first-order valence-electron chi connectivity index (χ1n) is 8.61. The zero-order valence-corrected chi connectivity index (χ0v) is 15.5. The van der Waals surface area contributed by atoms with Gasteiger partial charge in [-0.3, -0.25) is 4.79 Å². The van der Waals surface area contributed by atoms with E-state index in [1.54, 1.807) is 30.2 Å². The van der Waals surface area contributed by atoms with E-state index in [1.165, 1.54) is 5.56 Å². The van der Waals surface area contributed by atoms with Gasteiger partial charge in [-0.15, -0.1) is 0 Å². The van der Waals surface area contributed by atoms with Crippen LogP contribution in [-0.4, -0.2) is 38.1 Å². The molecule has 0 heterocycles. The van der Waals surface area contributed by atoms with Crippen molar-refractivity contribution in [2.45, 2.75) is 20.3 Å². The molecule has 0 aliphatic rings. The van der Waals surface area contributed by atoms with Crippen molar-refractivity contribution in [1.82, 2.24) is 4.90 Å². The highest BCUT2D eigenvalue weighted by Gasteiger charge is 2.15. The molecule has 0 fully saturated rings. The van der Waals surface area contributed by atoms with E-state index in [2.05, 4.69) is 26.0 Å². The van der Waals surface area contributed by atoms with E-state index in [0.29, 0.717) is 36.1 Å². The second-order valence-corrected chi connectivity index (χ2v) is 6.53. The summed E-state index contributed by atoms with van der Waals surface area (Å²) in [5.41, 5.74) is 1.82. The molecule has 0 N–H and O–H groups in total. The molecule has 0 bridgehead atoms. The normalized spacial score (nSPS) is 10.6.